The van der Waals surface area contributed by atoms with Crippen molar-refractivity contribution in [2.45, 2.75) is 13.8 Å². The molecule has 4 heteroatoms. The van der Waals surface area contributed by atoms with Crippen LogP contribution in [0, 0.1) is 13.8 Å². The summed E-state index contributed by atoms with van der Waals surface area (Å²) >= 11 is 3.29. The van der Waals surface area contributed by atoms with Crippen molar-refractivity contribution >= 4 is 21.7 Å². The first-order chi connectivity index (χ1) is 8.50. The number of aryl methyl sites for hydroxylation is 1. The molecule has 0 atom stereocenters. The van der Waals surface area contributed by atoms with Gasteiger partial charge in [0.25, 0.3) is 0 Å². The first-order valence-corrected chi connectivity index (χ1v) is 6.19. The quantitative estimate of drug-likeness (QED) is 0.800. The second-order valence-electron chi connectivity index (χ2n) is 4.00. The number of carbonyl (C=O) groups excluding carboxylic acids is 1. The van der Waals surface area contributed by atoms with E-state index in [4.69, 9.17) is 4.42 Å². The summed E-state index contributed by atoms with van der Waals surface area (Å²) in [6, 6.07) is 6.86. The van der Waals surface area contributed by atoms with Crippen molar-refractivity contribution in [2.75, 3.05) is 0 Å². The number of hydrogen-bond acceptors (Lipinski definition) is 3. The van der Waals surface area contributed by atoms with E-state index in [-0.39, 0.29) is 16.8 Å². The van der Waals surface area contributed by atoms with E-state index in [1.54, 1.807) is 38.1 Å². The van der Waals surface area contributed by atoms with Gasteiger partial charge in [0.2, 0.25) is 0 Å². The Morgan fingerprint density at radius 3 is 2.39 bits per heavy atom. The smallest absolute Gasteiger partial charge is 0.200 e. The zero-order valence-electron chi connectivity index (χ0n) is 9.99. The fraction of sp³-hybridized carbons (Fsp3) is 0.143. The van der Waals surface area contributed by atoms with Gasteiger partial charge < -0.3 is 4.42 Å². The minimum absolute atomic E-state index is 0.0698. The van der Waals surface area contributed by atoms with Crippen molar-refractivity contribution in [3.63, 3.8) is 0 Å². The lowest BCUT2D eigenvalue weighted by Crippen LogP contribution is -2.18. The Morgan fingerprint density at radius 1 is 1.17 bits per heavy atom. The van der Waals surface area contributed by atoms with E-state index >= 15 is 0 Å². The third kappa shape index (κ3) is 2.29. The first-order valence-electron chi connectivity index (χ1n) is 5.40. The summed E-state index contributed by atoms with van der Waals surface area (Å²) in [7, 11) is 0. The molecule has 0 spiro atoms. The van der Waals surface area contributed by atoms with E-state index in [1.807, 2.05) is 0 Å². The third-order valence-electron chi connectivity index (χ3n) is 2.82. The molecule has 1 heterocycles. The number of benzene rings is 1. The van der Waals surface area contributed by atoms with Crippen LogP contribution in [-0.4, -0.2) is 5.78 Å². The molecule has 1 aromatic carbocycles. The van der Waals surface area contributed by atoms with Gasteiger partial charge in [0, 0.05) is 15.6 Å². The van der Waals surface area contributed by atoms with Gasteiger partial charge in [-0.25, -0.2) is 0 Å². The molecule has 0 radical (unpaired) electrons. The van der Waals surface area contributed by atoms with Crippen LogP contribution in [0.5, 0.6) is 0 Å². The molecular formula is C14H11BrO3. The molecule has 2 aromatic rings. The highest BCUT2D eigenvalue weighted by atomic mass is 79.9. The molecule has 1 aromatic heterocycles. The molecule has 2 rings (SSSR count). The monoisotopic (exact) mass is 306 g/mol. The van der Waals surface area contributed by atoms with E-state index in [9.17, 15) is 9.59 Å². The molecule has 18 heavy (non-hydrogen) atoms. The Balaban J connectivity index is 2.50. The van der Waals surface area contributed by atoms with E-state index in [1.165, 1.54) is 6.26 Å². The molecule has 0 saturated carbocycles. The molecule has 0 fully saturated rings. The molecule has 0 unspecified atom stereocenters. The highest BCUT2D eigenvalue weighted by Gasteiger charge is 2.16. The van der Waals surface area contributed by atoms with Crippen LogP contribution in [0.25, 0.3) is 0 Å². The largest absolute Gasteiger partial charge is 0.468 e. The fourth-order valence-corrected chi connectivity index (χ4v) is 1.83. The maximum absolute atomic E-state index is 12.2. The molecular weight excluding hydrogens is 296 g/mol. The van der Waals surface area contributed by atoms with Crippen LogP contribution < -0.4 is 5.43 Å². The first kappa shape index (κ1) is 12.8. The Morgan fingerprint density at radius 2 is 1.78 bits per heavy atom. The zero-order valence-corrected chi connectivity index (χ0v) is 11.6. The average Bonchev–Trinajstić information content (AvgIpc) is 2.36. The van der Waals surface area contributed by atoms with Crippen molar-refractivity contribution in [3.05, 3.63) is 67.7 Å². The number of rotatable bonds is 2. The zero-order chi connectivity index (χ0) is 13.3. The van der Waals surface area contributed by atoms with Gasteiger partial charge in [-0.15, -0.1) is 0 Å². The fourth-order valence-electron chi connectivity index (χ4n) is 1.56. The predicted molar refractivity (Wildman–Crippen MR) is 72.0 cm³/mol. The molecule has 0 saturated heterocycles. The number of halogens is 1. The lowest BCUT2D eigenvalue weighted by Gasteiger charge is -2.03. The van der Waals surface area contributed by atoms with Crippen LogP contribution in [0.1, 0.15) is 27.2 Å². The minimum Gasteiger partial charge on any atom is -0.468 e. The Kier molecular flexibility index (Phi) is 3.48. The van der Waals surface area contributed by atoms with E-state index in [0.29, 0.717) is 16.9 Å². The van der Waals surface area contributed by atoms with E-state index in [0.717, 1.165) is 4.47 Å². The summed E-state index contributed by atoms with van der Waals surface area (Å²) < 4.78 is 6.09. The maximum Gasteiger partial charge on any atom is 0.200 e. The van der Waals surface area contributed by atoms with Gasteiger partial charge in [0.15, 0.2) is 11.2 Å². The topological polar surface area (TPSA) is 47.3 Å². The molecule has 92 valence electrons. The van der Waals surface area contributed by atoms with Gasteiger partial charge in [-0.2, -0.15) is 0 Å². The van der Waals surface area contributed by atoms with Crippen LogP contribution >= 0.6 is 15.9 Å². The lowest BCUT2D eigenvalue weighted by molar-refractivity contribution is 0.103. The van der Waals surface area contributed by atoms with Crippen LogP contribution in [0.4, 0.5) is 0 Å². The molecule has 0 aliphatic carbocycles. The summed E-state index contributed by atoms with van der Waals surface area (Å²) in [6.45, 7) is 3.35. The second kappa shape index (κ2) is 4.90. The standard InChI is InChI=1S/C14H11BrO3/c1-8-9(2)18-7-12(13(8)16)14(17)10-3-5-11(15)6-4-10/h3-7H,1-2H3. The van der Waals surface area contributed by atoms with Gasteiger partial charge >= 0.3 is 0 Å². The van der Waals surface area contributed by atoms with Crippen molar-refractivity contribution < 1.29 is 9.21 Å². The van der Waals surface area contributed by atoms with E-state index in [2.05, 4.69) is 15.9 Å². The number of ketones is 1. The average molecular weight is 307 g/mol. The van der Waals surface area contributed by atoms with Crippen molar-refractivity contribution in [2.24, 2.45) is 0 Å². The highest BCUT2D eigenvalue weighted by Crippen LogP contribution is 2.14. The van der Waals surface area contributed by atoms with Gasteiger partial charge in [-0.1, -0.05) is 15.9 Å². The molecule has 0 N–H and O–H groups in total. The maximum atomic E-state index is 12.2. The Labute approximate surface area is 113 Å². The molecule has 0 aliphatic rings. The Hall–Kier alpha value is -1.68. The second-order valence-corrected chi connectivity index (χ2v) is 4.91. The van der Waals surface area contributed by atoms with Gasteiger partial charge in [0.05, 0.1) is 0 Å². The van der Waals surface area contributed by atoms with Crippen LogP contribution in [-0.2, 0) is 0 Å². The lowest BCUT2D eigenvalue weighted by atomic mass is 10.0. The molecule has 0 aliphatic heterocycles. The molecule has 0 bridgehead atoms. The van der Waals surface area contributed by atoms with Crippen molar-refractivity contribution in [1.82, 2.24) is 0 Å². The minimum atomic E-state index is -0.320. The summed E-state index contributed by atoms with van der Waals surface area (Å²) in [4.78, 5) is 24.1. The normalized spacial score (nSPS) is 10.4. The predicted octanol–water partition coefficient (Wildman–Crippen LogP) is 3.25. The van der Waals surface area contributed by atoms with Gasteiger partial charge in [0.1, 0.15) is 17.6 Å². The van der Waals surface area contributed by atoms with Crippen molar-refractivity contribution in [3.8, 4) is 0 Å². The number of hydrogen-bond donors (Lipinski definition) is 0. The summed E-state index contributed by atoms with van der Waals surface area (Å²) in [6.07, 6.45) is 1.23. The Bertz CT molecular complexity index is 654. The van der Waals surface area contributed by atoms with E-state index < -0.39 is 0 Å². The summed E-state index contributed by atoms with van der Waals surface area (Å²) in [5, 5.41) is 0. The van der Waals surface area contributed by atoms with Crippen LogP contribution in [0.3, 0.4) is 0 Å². The van der Waals surface area contributed by atoms with Gasteiger partial charge in [-0.3, -0.25) is 9.59 Å². The highest BCUT2D eigenvalue weighted by molar-refractivity contribution is 9.10. The summed E-state index contributed by atoms with van der Waals surface area (Å²) in [5.41, 5.74) is 0.735. The number of carbonyl (C=O) groups is 1. The molecule has 0 amide bonds. The summed E-state index contributed by atoms with van der Waals surface area (Å²) in [5.74, 6) is 0.215. The van der Waals surface area contributed by atoms with Gasteiger partial charge in [-0.05, 0) is 38.1 Å². The third-order valence-corrected chi connectivity index (χ3v) is 3.35. The van der Waals surface area contributed by atoms with Crippen LogP contribution in [0.15, 0.2) is 44.2 Å². The van der Waals surface area contributed by atoms with Crippen LogP contribution in [0.2, 0.25) is 0 Å². The SMILES string of the molecule is Cc1occ(C(=O)c2ccc(Br)cc2)c(=O)c1C. The van der Waals surface area contributed by atoms with Crippen molar-refractivity contribution in [1.29, 1.82) is 0 Å². The molecule has 3 nitrogen and oxygen atoms in total.